The van der Waals surface area contributed by atoms with Crippen molar-refractivity contribution < 1.29 is 28.7 Å². The minimum absolute atomic E-state index is 0.0403. The summed E-state index contributed by atoms with van der Waals surface area (Å²) in [4.78, 5) is 68.5. The van der Waals surface area contributed by atoms with Crippen molar-refractivity contribution in [2.45, 2.75) is 64.8 Å². The zero-order valence-electron chi connectivity index (χ0n) is 23.4. The molecule has 11 heteroatoms. The maximum absolute atomic E-state index is 13.5. The molecule has 2 aliphatic rings. The lowest BCUT2D eigenvalue weighted by Gasteiger charge is -2.38. The number of likely N-dealkylation sites (N-methyl/N-ethyl adjacent to an activating group) is 1. The van der Waals surface area contributed by atoms with Gasteiger partial charge in [0.25, 0.3) is 5.91 Å². The molecule has 1 aromatic carbocycles. The van der Waals surface area contributed by atoms with E-state index in [1.54, 1.807) is 4.90 Å². The molecule has 39 heavy (non-hydrogen) atoms. The average Bonchev–Trinajstić information content (AvgIpc) is 2.88. The lowest BCUT2D eigenvalue weighted by molar-refractivity contribution is -0.157. The Bertz CT molecular complexity index is 1050. The fraction of sp³-hybridized carbons (Fsp3) is 0.607. The first-order valence-corrected chi connectivity index (χ1v) is 13.5. The molecule has 2 saturated heterocycles. The molecular formula is C28H41N5O6. The van der Waals surface area contributed by atoms with Gasteiger partial charge in [0.1, 0.15) is 12.1 Å². The molecule has 0 aliphatic carbocycles. The van der Waals surface area contributed by atoms with E-state index in [-0.39, 0.29) is 50.3 Å². The highest BCUT2D eigenvalue weighted by Gasteiger charge is 2.38. The third-order valence-electron chi connectivity index (χ3n) is 6.82. The Morgan fingerprint density at radius 2 is 1.69 bits per heavy atom. The summed E-state index contributed by atoms with van der Waals surface area (Å²) < 4.78 is 6.05. The van der Waals surface area contributed by atoms with Crippen LogP contribution < -0.4 is 16.0 Å². The number of rotatable bonds is 5. The molecule has 11 nitrogen and oxygen atoms in total. The summed E-state index contributed by atoms with van der Waals surface area (Å²) in [7, 11) is 1.48. The van der Waals surface area contributed by atoms with Gasteiger partial charge in [-0.2, -0.15) is 0 Å². The van der Waals surface area contributed by atoms with Crippen LogP contribution in [0.5, 0.6) is 0 Å². The van der Waals surface area contributed by atoms with Crippen molar-refractivity contribution in [2.75, 3.05) is 33.2 Å². The molecule has 2 heterocycles. The number of carbonyl (C=O) groups excluding carboxylic acids is 5. The fourth-order valence-corrected chi connectivity index (χ4v) is 4.73. The number of nitrogens with one attached hydrogen (secondary N) is 3. The third kappa shape index (κ3) is 8.51. The standard InChI is InChI=1S/C28H41N5O6/c1-17(2)11-24(35)33-14-20-13-29-27(37)25(18(3)4)31-23(34)16-32(5)28(38)21(12-19-9-7-6-8-10-19)30-26(36)22(15-33)39-20/h6-10,17-18,20-22,25H,11-16H2,1-5H3,(H,29,37)(H,30,36)(H,31,34)/t20-,21+,22+,25-/m0/s1. The van der Waals surface area contributed by atoms with E-state index in [0.717, 1.165) is 5.56 Å². The fourth-order valence-electron chi connectivity index (χ4n) is 4.73. The van der Waals surface area contributed by atoms with Crippen LogP contribution in [-0.2, 0) is 35.1 Å². The van der Waals surface area contributed by atoms with Crippen LogP contribution in [-0.4, -0.2) is 96.9 Å². The maximum Gasteiger partial charge on any atom is 0.251 e. The van der Waals surface area contributed by atoms with E-state index in [1.807, 2.05) is 58.0 Å². The second-order valence-electron chi connectivity index (χ2n) is 11.1. The highest BCUT2D eigenvalue weighted by molar-refractivity contribution is 5.93. The molecule has 0 spiro atoms. The van der Waals surface area contributed by atoms with Crippen molar-refractivity contribution in [3.8, 4) is 0 Å². The lowest BCUT2D eigenvalue weighted by atomic mass is 10.0. The van der Waals surface area contributed by atoms with E-state index >= 15 is 0 Å². The Kier molecular flexibility index (Phi) is 10.4. The molecule has 1 aromatic rings. The summed E-state index contributed by atoms with van der Waals surface area (Å²) in [5.41, 5.74) is 0.831. The molecule has 0 unspecified atom stereocenters. The molecule has 2 aliphatic heterocycles. The van der Waals surface area contributed by atoms with Crippen molar-refractivity contribution in [1.82, 2.24) is 25.8 Å². The summed E-state index contributed by atoms with van der Waals surface area (Å²) in [6.07, 6.45) is -1.15. The number of hydrogen-bond donors (Lipinski definition) is 3. The number of fused-ring (bicyclic) bond motifs is 2. The molecular weight excluding hydrogens is 502 g/mol. The first kappa shape index (κ1) is 30.1. The molecule has 3 N–H and O–H groups in total. The van der Waals surface area contributed by atoms with Crippen LogP contribution in [0.3, 0.4) is 0 Å². The van der Waals surface area contributed by atoms with E-state index in [1.165, 1.54) is 11.9 Å². The van der Waals surface area contributed by atoms with Crippen molar-refractivity contribution >= 4 is 29.5 Å². The highest BCUT2D eigenvalue weighted by Crippen LogP contribution is 2.16. The summed E-state index contributed by atoms with van der Waals surface area (Å²) >= 11 is 0. The minimum atomic E-state index is -1.03. The summed E-state index contributed by atoms with van der Waals surface area (Å²) in [5.74, 6) is -2.07. The van der Waals surface area contributed by atoms with Crippen LogP contribution in [0.15, 0.2) is 30.3 Å². The van der Waals surface area contributed by atoms with Gasteiger partial charge in [-0.1, -0.05) is 58.0 Å². The van der Waals surface area contributed by atoms with Gasteiger partial charge in [-0.25, -0.2) is 0 Å². The predicted molar refractivity (Wildman–Crippen MR) is 144 cm³/mol. The molecule has 2 fully saturated rings. The summed E-state index contributed by atoms with van der Waals surface area (Å²) in [6, 6.07) is 7.45. The van der Waals surface area contributed by atoms with E-state index in [4.69, 9.17) is 4.74 Å². The molecule has 5 amide bonds. The molecule has 0 saturated carbocycles. The minimum Gasteiger partial charge on any atom is -0.360 e. The molecule has 2 bridgehead atoms. The van der Waals surface area contributed by atoms with Crippen molar-refractivity contribution in [3.63, 3.8) is 0 Å². The van der Waals surface area contributed by atoms with E-state index in [0.29, 0.717) is 6.42 Å². The van der Waals surface area contributed by atoms with Crippen LogP contribution in [0.25, 0.3) is 0 Å². The van der Waals surface area contributed by atoms with Gasteiger partial charge in [-0.05, 0) is 17.4 Å². The van der Waals surface area contributed by atoms with Crippen LogP contribution in [0.1, 0.15) is 39.7 Å². The molecule has 214 valence electrons. The van der Waals surface area contributed by atoms with Gasteiger partial charge < -0.3 is 30.5 Å². The SMILES string of the molecule is CC(C)CC(=O)N1C[C@@H]2CNC(=O)[C@H](C(C)C)NC(=O)CN(C)C(=O)[C@@H](Cc3ccccc3)NC(=O)[C@@H](C1)O2. The van der Waals surface area contributed by atoms with Crippen molar-refractivity contribution in [1.29, 1.82) is 0 Å². The quantitative estimate of drug-likeness (QED) is 0.481. The molecule has 0 aromatic heterocycles. The largest absolute Gasteiger partial charge is 0.360 e. The Morgan fingerprint density at radius 3 is 2.33 bits per heavy atom. The summed E-state index contributed by atoms with van der Waals surface area (Å²) in [5, 5.41) is 8.34. The number of nitrogens with zero attached hydrogens (tertiary/aromatic N) is 2. The van der Waals surface area contributed by atoms with Gasteiger partial charge in [0.2, 0.25) is 23.6 Å². The topological polar surface area (TPSA) is 137 Å². The first-order chi connectivity index (χ1) is 18.4. The highest BCUT2D eigenvalue weighted by atomic mass is 16.5. The van der Waals surface area contributed by atoms with E-state index in [2.05, 4.69) is 16.0 Å². The van der Waals surface area contributed by atoms with Crippen LogP contribution in [0, 0.1) is 11.8 Å². The van der Waals surface area contributed by atoms with Gasteiger partial charge in [-0.3, -0.25) is 24.0 Å². The van der Waals surface area contributed by atoms with Crippen LogP contribution in [0.2, 0.25) is 0 Å². The van der Waals surface area contributed by atoms with Gasteiger partial charge in [0, 0.05) is 33.0 Å². The number of benzene rings is 1. The maximum atomic E-state index is 13.5. The second-order valence-corrected chi connectivity index (χ2v) is 11.1. The summed E-state index contributed by atoms with van der Waals surface area (Å²) in [6.45, 7) is 7.53. The Hall–Kier alpha value is -3.47. The number of amides is 5. The first-order valence-electron chi connectivity index (χ1n) is 13.5. The smallest absolute Gasteiger partial charge is 0.251 e. The van der Waals surface area contributed by atoms with Gasteiger partial charge >= 0.3 is 0 Å². The lowest BCUT2D eigenvalue weighted by Crippen LogP contribution is -2.59. The molecule has 0 radical (unpaired) electrons. The zero-order chi connectivity index (χ0) is 28.7. The van der Waals surface area contributed by atoms with Crippen molar-refractivity contribution in [3.05, 3.63) is 35.9 Å². The van der Waals surface area contributed by atoms with E-state index < -0.39 is 47.9 Å². The van der Waals surface area contributed by atoms with Gasteiger partial charge in [-0.15, -0.1) is 0 Å². The zero-order valence-corrected chi connectivity index (χ0v) is 23.4. The van der Waals surface area contributed by atoms with Crippen LogP contribution in [0.4, 0.5) is 0 Å². The van der Waals surface area contributed by atoms with E-state index in [9.17, 15) is 24.0 Å². The Balaban J connectivity index is 1.93. The van der Waals surface area contributed by atoms with Gasteiger partial charge in [0.05, 0.1) is 19.2 Å². The second kappa shape index (κ2) is 13.5. The van der Waals surface area contributed by atoms with Gasteiger partial charge in [0.15, 0.2) is 6.10 Å². The number of ether oxygens (including phenoxy) is 1. The number of hydrogen-bond acceptors (Lipinski definition) is 6. The van der Waals surface area contributed by atoms with Crippen LogP contribution >= 0.6 is 0 Å². The number of morpholine rings is 1. The molecule has 3 rings (SSSR count). The third-order valence-corrected chi connectivity index (χ3v) is 6.82. The Morgan fingerprint density at radius 1 is 1.00 bits per heavy atom. The number of carbonyl (C=O) groups is 5. The average molecular weight is 544 g/mol. The Labute approximate surface area is 230 Å². The van der Waals surface area contributed by atoms with Crippen molar-refractivity contribution in [2.24, 2.45) is 11.8 Å². The predicted octanol–water partition coefficient (Wildman–Crippen LogP) is 0.0850. The molecule has 4 atom stereocenters. The monoisotopic (exact) mass is 543 g/mol. The normalized spacial score (nSPS) is 25.5.